The summed E-state index contributed by atoms with van der Waals surface area (Å²) in [5, 5.41) is 11.8. The molecular formula is C19H20N2O2. The summed E-state index contributed by atoms with van der Waals surface area (Å²) in [6.07, 6.45) is 0.804. The fourth-order valence-corrected chi connectivity index (χ4v) is 2.26. The lowest BCUT2D eigenvalue weighted by Crippen LogP contribution is -2.32. The van der Waals surface area contributed by atoms with Crippen LogP contribution in [0.4, 0.5) is 0 Å². The Balaban J connectivity index is 1.92. The highest BCUT2D eigenvalue weighted by molar-refractivity contribution is 5.78. The zero-order chi connectivity index (χ0) is 16.7. The fourth-order valence-electron chi connectivity index (χ4n) is 2.26. The third kappa shape index (κ3) is 4.86. The van der Waals surface area contributed by atoms with Gasteiger partial charge in [0.05, 0.1) is 17.7 Å². The predicted octanol–water partition coefficient (Wildman–Crippen LogP) is 3.51. The maximum Gasteiger partial charge on any atom is 0.258 e. The number of benzene rings is 2. The van der Waals surface area contributed by atoms with Crippen molar-refractivity contribution in [3.05, 3.63) is 65.2 Å². The first-order valence-corrected chi connectivity index (χ1v) is 7.61. The molecule has 0 aliphatic heterocycles. The SMILES string of the molecule is CC[C@H](NC(=O)COc1cccc(C#N)c1)c1ccc(C)cc1. The van der Waals surface area contributed by atoms with Crippen LogP contribution in [0, 0.1) is 18.3 Å². The van der Waals surface area contributed by atoms with Crippen LogP contribution in [0.2, 0.25) is 0 Å². The van der Waals surface area contributed by atoms with Crippen LogP contribution in [-0.4, -0.2) is 12.5 Å². The van der Waals surface area contributed by atoms with E-state index in [1.54, 1.807) is 24.3 Å². The summed E-state index contributed by atoms with van der Waals surface area (Å²) in [5.74, 6) is 0.336. The summed E-state index contributed by atoms with van der Waals surface area (Å²) in [5.41, 5.74) is 2.78. The number of aryl methyl sites for hydroxylation is 1. The van der Waals surface area contributed by atoms with Crippen LogP contribution in [0.15, 0.2) is 48.5 Å². The van der Waals surface area contributed by atoms with Gasteiger partial charge in [0.25, 0.3) is 5.91 Å². The van der Waals surface area contributed by atoms with Crippen LogP contribution in [0.25, 0.3) is 0 Å². The van der Waals surface area contributed by atoms with E-state index in [9.17, 15) is 4.79 Å². The molecule has 0 bridgehead atoms. The highest BCUT2D eigenvalue weighted by Crippen LogP contribution is 2.17. The molecule has 0 heterocycles. The van der Waals surface area contributed by atoms with Gasteiger partial charge in [0.2, 0.25) is 0 Å². The van der Waals surface area contributed by atoms with Gasteiger partial charge >= 0.3 is 0 Å². The van der Waals surface area contributed by atoms with Gasteiger partial charge in [0, 0.05) is 0 Å². The minimum absolute atomic E-state index is 0.0304. The Morgan fingerprint density at radius 2 is 2.00 bits per heavy atom. The molecule has 2 rings (SSSR count). The van der Waals surface area contributed by atoms with E-state index in [1.807, 2.05) is 44.2 Å². The summed E-state index contributed by atoms with van der Waals surface area (Å²) in [6, 6.07) is 16.9. The molecule has 2 aromatic carbocycles. The van der Waals surface area contributed by atoms with Crippen molar-refractivity contribution in [2.24, 2.45) is 0 Å². The minimum Gasteiger partial charge on any atom is -0.484 e. The summed E-state index contributed by atoms with van der Waals surface area (Å²) in [7, 11) is 0. The number of nitriles is 1. The quantitative estimate of drug-likeness (QED) is 0.888. The summed E-state index contributed by atoms with van der Waals surface area (Å²) in [6.45, 7) is 3.99. The molecule has 1 amide bonds. The lowest BCUT2D eigenvalue weighted by molar-refractivity contribution is -0.123. The zero-order valence-corrected chi connectivity index (χ0v) is 13.4. The Hall–Kier alpha value is -2.80. The third-order valence-electron chi connectivity index (χ3n) is 3.56. The van der Waals surface area contributed by atoms with Gasteiger partial charge in [-0.05, 0) is 37.1 Å². The fraction of sp³-hybridized carbons (Fsp3) is 0.263. The third-order valence-corrected chi connectivity index (χ3v) is 3.56. The van der Waals surface area contributed by atoms with Gasteiger partial charge in [-0.1, -0.05) is 42.8 Å². The molecule has 0 saturated heterocycles. The van der Waals surface area contributed by atoms with Crippen molar-refractivity contribution >= 4 is 5.91 Å². The number of hydrogen-bond donors (Lipinski definition) is 1. The van der Waals surface area contributed by atoms with Gasteiger partial charge < -0.3 is 10.1 Å². The van der Waals surface area contributed by atoms with Crippen LogP contribution in [0.3, 0.4) is 0 Å². The lowest BCUT2D eigenvalue weighted by Gasteiger charge is -2.18. The molecule has 0 unspecified atom stereocenters. The highest BCUT2D eigenvalue weighted by atomic mass is 16.5. The molecule has 118 valence electrons. The molecule has 4 nitrogen and oxygen atoms in total. The van der Waals surface area contributed by atoms with E-state index in [0.717, 1.165) is 12.0 Å². The van der Waals surface area contributed by atoms with E-state index in [0.29, 0.717) is 11.3 Å². The Kier molecular flexibility index (Phi) is 5.76. The van der Waals surface area contributed by atoms with Gasteiger partial charge in [0.15, 0.2) is 6.61 Å². The second-order valence-electron chi connectivity index (χ2n) is 5.37. The maximum absolute atomic E-state index is 12.1. The Morgan fingerprint density at radius 1 is 1.26 bits per heavy atom. The second kappa shape index (κ2) is 8.00. The lowest BCUT2D eigenvalue weighted by atomic mass is 10.0. The van der Waals surface area contributed by atoms with E-state index < -0.39 is 0 Å². The summed E-state index contributed by atoms with van der Waals surface area (Å²) >= 11 is 0. The van der Waals surface area contributed by atoms with Crippen molar-refractivity contribution in [2.45, 2.75) is 26.3 Å². The maximum atomic E-state index is 12.1. The van der Waals surface area contributed by atoms with Gasteiger partial charge in [0.1, 0.15) is 5.75 Å². The molecule has 4 heteroatoms. The van der Waals surface area contributed by atoms with E-state index in [1.165, 1.54) is 5.56 Å². The molecule has 2 aromatic rings. The zero-order valence-electron chi connectivity index (χ0n) is 13.4. The van der Waals surface area contributed by atoms with Crippen LogP contribution in [0.5, 0.6) is 5.75 Å². The predicted molar refractivity (Wildman–Crippen MR) is 89.0 cm³/mol. The number of nitrogens with one attached hydrogen (secondary N) is 1. The van der Waals surface area contributed by atoms with Gasteiger partial charge in [-0.15, -0.1) is 0 Å². The molecule has 0 saturated carbocycles. The van der Waals surface area contributed by atoms with Crippen molar-refractivity contribution in [1.29, 1.82) is 5.26 Å². The Labute approximate surface area is 136 Å². The summed E-state index contributed by atoms with van der Waals surface area (Å²) < 4.78 is 5.45. The van der Waals surface area contributed by atoms with Crippen molar-refractivity contribution < 1.29 is 9.53 Å². The highest BCUT2D eigenvalue weighted by Gasteiger charge is 2.13. The van der Waals surface area contributed by atoms with Gasteiger partial charge in [-0.25, -0.2) is 0 Å². The molecule has 1 atom stereocenters. The average molecular weight is 308 g/mol. The molecular weight excluding hydrogens is 288 g/mol. The average Bonchev–Trinajstić information content (AvgIpc) is 2.59. The molecule has 23 heavy (non-hydrogen) atoms. The number of ether oxygens (including phenoxy) is 1. The number of nitrogens with zero attached hydrogens (tertiary/aromatic N) is 1. The number of carbonyl (C=O) groups is 1. The van der Waals surface area contributed by atoms with E-state index in [4.69, 9.17) is 10.00 Å². The number of carbonyl (C=O) groups excluding carboxylic acids is 1. The monoisotopic (exact) mass is 308 g/mol. The van der Waals surface area contributed by atoms with Crippen molar-refractivity contribution in [2.75, 3.05) is 6.61 Å². The van der Waals surface area contributed by atoms with Crippen LogP contribution < -0.4 is 10.1 Å². The first-order valence-electron chi connectivity index (χ1n) is 7.61. The van der Waals surface area contributed by atoms with E-state index >= 15 is 0 Å². The topological polar surface area (TPSA) is 62.1 Å². The molecule has 0 aromatic heterocycles. The molecule has 0 aliphatic carbocycles. The first kappa shape index (κ1) is 16.6. The number of hydrogen-bond acceptors (Lipinski definition) is 3. The largest absolute Gasteiger partial charge is 0.484 e. The normalized spacial score (nSPS) is 11.3. The summed E-state index contributed by atoms with van der Waals surface area (Å²) in [4.78, 5) is 12.1. The molecule has 1 N–H and O–H groups in total. The first-order chi connectivity index (χ1) is 11.1. The standard InChI is InChI=1S/C19H20N2O2/c1-3-18(16-9-7-14(2)8-10-16)21-19(22)13-23-17-6-4-5-15(11-17)12-20/h4-11,18H,3,13H2,1-2H3,(H,21,22)/t18-/m0/s1. The Morgan fingerprint density at radius 3 is 2.65 bits per heavy atom. The second-order valence-corrected chi connectivity index (χ2v) is 5.37. The molecule has 0 radical (unpaired) electrons. The Bertz CT molecular complexity index is 702. The van der Waals surface area contributed by atoms with Crippen LogP contribution in [0.1, 0.15) is 36.1 Å². The van der Waals surface area contributed by atoms with E-state index in [2.05, 4.69) is 5.32 Å². The van der Waals surface area contributed by atoms with Gasteiger partial charge in [-0.2, -0.15) is 5.26 Å². The van der Waals surface area contributed by atoms with Crippen molar-refractivity contribution in [1.82, 2.24) is 5.32 Å². The van der Waals surface area contributed by atoms with Crippen molar-refractivity contribution in [3.8, 4) is 11.8 Å². The minimum atomic E-state index is -0.181. The smallest absolute Gasteiger partial charge is 0.258 e. The number of rotatable bonds is 6. The van der Waals surface area contributed by atoms with Crippen LogP contribution >= 0.6 is 0 Å². The van der Waals surface area contributed by atoms with E-state index in [-0.39, 0.29) is 18.6 Å². The van der Waals surface area contributed by atoms with Crippen LogP contribution in [-0.2, 0) is 4.79 Å². The van der Waals surface area contributed by atoms with Gasteiger partial charge in [-0.3, -0.25) is 4.79 Å². The number of amides is 1. The van der Waals surface area contributed by atoms with Crippen molar-refractivity contribution in [3.63, 3.8) is 0 Å². The molecule has 0 fully saturated rings. The molecule has 0 spiro atoms. The molecule has 0 aliphatic rings.